The number of hydrogen-bond donors (Lipinski definition) is 2. The Morgan fingerprint density at radius 3 is 1.64 bits per heavy atom. The highest BCUT2D eigenvalue weighted by Crippen LogP contribution is 2.38. The quantitative estimate of drug-likeness (QED) is 0.107. The summed E-state index contributed by atoms with van der Waals surface area (Å²) < 4.78 is 46.1. The lowest BCUT2D eigenvalue weighted by molar-refractivity contribution is 0.0140. The maximum atomic E-state index is 6.14. The third-order valence-electron chi connectivity index (χ3n) is 10.5. The summed E-state index contributed by atoms with van der Waals surface area (Å²) in [5.41, 5.74) is 5.75. The Bertz CT molecular complexity index is 2820. The number of likely N-dealkylation sites (tertiary alicyclic amines) is 1. The minimum absolute atomic E-state index is 0.173. The van der Waals surface area contributed by atoms with Gasteiger partial charge in [-0.25, -0.2) is 19.9 Å². The minimum atomic E-state index is 0.173. The predicted molar refractivity (Wildman–Crippen MR) is 231 cm³/mol. The van der Waals surface area contributed by atoms with Crippen molar-refractivity contribution in [3.63, 3.8) is 0 Å². The van der Waals surface area contributed by atoms with Crippen LogP contribution < -0.4 is 28.4 Å². The lowest BCUT2D eigenvalue weighted by Gasteiger charge is -2.18. The molecule has 0 bridgehead atoms. The van der Waals surface area contributed by atoms with E-state index in [9.17, 15) is 0 Å². The maximum absolute atomic E-state index is 6.14. The van der Waals surface area contributed by atoms with Gasteiger partial charge in [-0.2, -0.15) is 0 Å². The fourth-order valence-electron chi connectivity index (χ4n) is 7.62. The molecule has 4 aromatic heterocycles. The molecular formula is C45H44ClN7O8. The highest BCUT2D eigenvalue weighted by atomic mass is 35.5. The van der Waals surface area contributed by atoms with Gasteiger partial charge in [-0.1, -0.05) is 0 Å². The third kappa shape index (κ3) is 8.77. The lowest BCUT2D eigenvalue weighted by Crippen LogP contribution is -2.28. The van der Waals surface area contributed by atoms with Crippen molar-refractivity contribution >= 4 is 55.2 Å². The molecule has 16 heteroatoms. The molecule has 15 nitrogen and oxygen atoms in total. The van der Waals surface area contributed by atoms with E-state index in [1.165, 1.54) is 12.7 Å². The zero-order chi connectivity index (χ0) is 41.9. The van der Waals surface area contributed by atoms with E-state index in [-0.39, 0.29) is 12.2 Å². The smallest absolute Gasteiger partial charge is 0.230 e. The summed E-state index contributed by atoms with van der Waals surface area (Å²) in [5, 5.41) is 3.65. The number of alkyl halides is 1. The predicted octanol–water partition coefficient (Wildman–Crippen LogP) is 8.49. The number of halogens is 1. The van der Waals surface area contributed by atoms with Crippen LogP contribution in [0.25, 0.3) is 43.6 Å². The van der Waals surface area contributed by atoms with Crippen molar-refractivity contribution < 1.29 is 37.9 Å². The van der Waals surface area contributed by atoms with Gasteiger partial charge in [0, 0.05) is 65.0 Å². The Labute approximate surface area is 355 Å². The molecule has 2 aliphatic heterocycles. The van der Waals surface area contributed by atoms with E-state index in [0.29, 0.717) is 77.7 Å². The number of methoxy groups -OCH3 is 2. The van der Waals surface area contributed by atoms with Gasteiger partial charge in [0.05, 0.1) is 41.9 Å². The van der Waals surface area contributed by atoms with Crippen molar-refractivity contribution in [1.82, 2.24) is 34.8 Å². The molecule has 2 N–H and O–H groups in total. The first-order valence-corrected chi connectivity index (χ1v) is 20.3. The fourth-order valence-corrected chi connectivity index (χ4v) is 7.70. The molecule has 0 aliphatic carbocycles. The summed E-state index contributed by atoms with van der Waals surface area (Å²) in [6, 6.07) is 23.3. The van der Waals surface area contributed by atoms with Gasteiger partial charge in [-0.05, 0) is 74.5 Å². The summed E-state index contributed by atoms with van der Waals surface area (Å²) in [7, 11) is 3.21. The van der Waals surface area contributed by atoms with E-state index in [4.69, 9.17) is 49.5 Å². The van der Waals surface area contributed by atoms with E-state index in [0.717, 1.165) is 69.1 Å². The van der Waals surface area contributed by atoms with E-state index < -0.39 is 0 Å². The van der Waals surface area contributed by atoms with Crippen LogP contribution in [0.5, 0.6) is 46.3 Å². The summed E-state index contributed by atoms with van der Waals surface area (Å²) in [6.07, 6.45) is 3.31. The zero-order valence-electron chi connectivity index (χ0n) is 34.1. The van der Waals surface area contributed by atoms with E-state index in [2.05, 4.69) is 46.9 Å². The van der Waals surface area contributed by atoms with Crippen LogP contribution >= 0.6 is 11.6 Å². The topological polar surface area (TPSA) is 160 Å². The molecule has 2 saturated heterocycles. The summed E-state index contributed by atoms with van der Waals surface area (Å²) in [5.74, 6) is 5.10. The molecule has 0 radical (unpaired) electrons. The molecular weight excluding hydrogens is 802 g/mol. The van der Waals surface area contributed by atoms with Crippen molar-refractivity contribution in [1.29, 1.82) is 0 Å². The third-order valence-corrected chi connectivity index (χ3v) is 10.7. The van der Waals surface area contributed by atoms with Crippen molar-refractivity contribution in [3.8, 4) is 46.3 Å². The monoisotopic (exact) mass is 845 g/mol. The maximum Gasteiger partial charge on any atom is 0.230 e. The zero-order valence-corrected chi connectivity index (χ0v) is 34.8. The van der Waals surface area contributed by atoms with E-state index >= 15 is 0 Å². The van der Waals surface area contributed by atoms with E-state index in [1.54, 1.807) is 20.3 Å². The van der Waals surface area contributed by atoms with Crippen LogP contribution in [0.3, 0.4) is 0 Å². The molecule has 0 saturated carbocycles. The van der Waals surface area contributed by atoms with Gasteiger partial charge in [0.25, 0.3) is 0 Å². The van der Waals surface area contributed by atoms with Gasteiger partial charge < -0.3 is 47.9 Å². The molecule has 6 heterocycles. The number of nitrogens with one attached hydrogen (secondary N) is 2. The lowest BCUT2D eigenvalue weighted by atomic mass is 10.2. The van der Waals surface area contributed by atoms with Crippen molar-refractivity contribution in [2.75, 3.05) is 59.7 Å². The number of nitrogens with zero attached hydrogens (tertiary/aromatic N) is 5. The van der Waals surface area contributed by atoms with Gasteiger partial charge in [0.15, 0.2) is 23.0 Å². The van der Waals surface area contributed by atoms with Gasteiger partial charge in [0.1, 0.15) is 56.4 Å². The second kappa shape index (κ2) is 17.7. The molecule has 2 atom stereocenters. The first-order valence-electron chi connectivity index (χ1n) is 19.8. The van der Waals surface area contributed by atoms with Crippen LogP contribution in [0.15, 0.2) is 85.5 Å². The normalized spacial score (nSPS) is 16.1. The highest BCUT2D eigenvalue weighted by Gasteiger charge is 2.38. The van der Waals surface area contributed by atoms with Crippen LogP contribution in [0.1, 0.15) is 11.4 Å². The second-order valence-corrected chi connectivity index (χ2v) is 15.1. The number of aromatic amines is 2. The molecule has 8 aromatic rings. The van der Waals surface area contributed by atoms with Gasteiger partial charge in [-0.15, -0.1) is 11.6 Å². The SMILES string of the molecule is COc1cc2c(Oc3ccc4[nH]c(C)cc4c3)ncnc2cc1OCCCl.COc1cc2c(Oc3ccc4[nH]c(C)cc4c3)ncnc2cc1OCCN1CC2OCOC2C1. The van der Waals surface area contributed by atoms with Gasteiger partial charge in [0.2, 0.25) is 11.8 Å². The molecule has 2 unspecified atom stereocenters. The largest absolute Gasteiger partial charge is 0.493 e. The summed E-state index contributed by atoms with van der Waals surface area (Å²) in [6.45, 7) is 7.87. The van der Waals surface area contributed by atoms with Crippen LogP contribution in [0, 0.1) is 13.8 Å². The van der Waals surface area contributed by atoms with Crippen LogP contribution in [0.4, 0.5) is 0 Å². The van der Waals surface area contributed by atoms with Crippen LogP contribution in [-0.4, -0.2) is 107 Å². The number of benzene rings is 4. The average molecular weight is 846 g/mol. The minimum Gasteiger partial charge on any atom is -0.493 e. The summed E-state index contributed by atoms with van der Waals surface area (Å²) >= 11 is 5.71. The standard InChI is InChI=1S/C25H26N4O5.C20H18ClN3O3/c1-15-7-16-8-17(3-4-19(16)28-15)34-25-18-9-21(30-2)22(10-20(18)26-13-27-25)31-6-5-29-11-23-24(12-29)33-14-32-23;1-12-7-13-8-14(3-4-16(13)24-12)27-20-15-9-18(25-2)19(26-6-5-21)10-17(15)22-11-23-20/h3-4,7-10,13,23-24,28H,5-6,11-12,14H2,1-2H3;3-4,7-11,24H,5-6H2,1-2H3. The molecule has 10 rings (SSSR count). The Morgan fingerprint density at radius 2 is 1.15 bits per heavy atom. The average Bonchev–Trinajstić information content (AvgIpc) is 4.05. The Hall–Kier alpha value is -6.39. The molecule has 2 fully saturated rings. The van der Waals surface area contributed by atoms with Crippen molar-refractivity contribution in [3.05, 3.63) is 96.8 Å². The first-order chi connectivity index (χ1) is 29.8. The number of H-pyrrole nitrogens is 2. The van der Waals surface area contributed by atoms with Crippen molar-refractivity contribution in [2.45, 2.75) is 26.1 Å². The molecule has 0 spiro atoms. The molecule has 2 aliphatic rings. The number of fused-ring (bicyclic) bond motifs is 5. The number of aromatic nitrogens is 6. The number of hydrogen-bond acceptors (Lipinski definition) is 13. The van der Waals surface area contributed by atoms with E-state index in [1.807, 2.05) is 68.4 Å². The number of ether oxygens (including phenoxy) is 8. The van der Waals surface area contributed by atoms with Gasteiger partial charge in [-0.3, -0.25) is 4.90 Å². The second-order valence-electron chi connectivity index (χ2n) is 14.7. The number of rotatable bonds is 13. The molecule has 0 amide bonds. The summed E-state index contributed by atoms with van der Waals surface area (Å²) in [4.78, 5) is 26.3. The Kier molecular flexibility index (Phi) is 11.6. The molecule has 4 aromatic carbocycles. The van der Waals surface area contributed by atoms with Crippen molar-refractivity contribution in [2.24, 2.45) is 0 Å². The Balaban J connectivity index is 0.000000161. The first kappa shape index (κ1) is 40.0. The number of aryl methyl sites for hydroxylation is 2. The highest BCUT2D eigenvalue weighted by molar-refractivity contribution is 6.18. The van der Waals surface area contributed by atoms with Crippen LogP contribution in [-0.2, 0) is 9.47 Å². The fraction of sp³-hybridized carbons (Fsp3) is 0.289. The molecule has 61 heavy (non-hydrogen) atoms. The van der Waals surface area contributed by atoms with Gasteiger partial charge >= 0.3 is 0 Å². The van der Waals surface area contributed by atoms with Crippen LogP contribution in [0.2, 0.25) is 0 Å². The Morgan fingerprint density at radius 1 is 0.639 bits per heavy atom. The molecule has 314 valence electrons.